The maximum Gasteiger partial charge on any atom is 0.200 e. The first-order chi connectivity index (χ1) is 15.5. The minimum Gasteiger partial charge on any atom is -0.368 e. The molecule has 8 heteroatoms. The van der Waals surface area contributed by atoms with Crippen molar-refractivity contribution in [3.63, 3.8) is 0 Å². The number of rotatable bonds is 7. The summed E-state index contributed by atoms with van der Waals surface area (Å²) >= 11 is 0. The van der Waals surface area contributed by atoms with Gasteiger partial charge in [-0.15, -0.1) is 0 Å². The van der Waals surface area contributed by atoms with Crippen LogP contribution < -0.4 is 5.32 Å². The van der Waals surface area contributed by atoms with Gasteiger partial charge in [0, 0.05) is 18.9 Å². The number of pyridine rings is 1. The molecule has 1 N–H and O–H groups in total. The number of fused-ring (bicyclic) bond motifs is 1. The maximum absolute atomic E-state index is 13.3. The lowest BCUT2D eigenvalue weighted by atomic mass is 10.2. The van der Waals surface area contributed by atoms with Gasteiger partial charge in [-0.2, -0.15) is 5.26 Å². The largest absolute Gasteiger partial charge is 0.368 e. The molecule has 0 saturated carbocycles. The highest BCUT2D eigenvalue weighted by Crippen LogP contribution is 2.32. The second-order valence-corrected chi connectivity index (χ2v) is 9.38. The Balaban J connectivity index is 1.74. The summed E-state index contributed by atoms with van der Waals surface area (Å²) in [7, 11) is -4.00. The molecule has 0 aliphatic heterocycles. The number of para-hydroxylation sites is 2. The quantitative estimate of drug-likeness (QED) is 0.459. The third-order valence-corrected chi connectivity index (χ3v) is 6.93. The highest BCUT2D eigenvalue weighted by atomic mass is 32.2. The van der Waals surface area contributed by atoms with Crippen molar-refractivity contribution in [1.29, 1.82) is 5.26 Å². The minimum absolute atomic E-state index is 0.0749. The van der Waals surface area contributed by atoms with Crippen molar-refractivity contribution in [3.05, 3.63) is 89.9 Å². The van der Waals surface area contributed by atoms with Crippen LogP contribution in [0.4, 0.5) is 5.82 Å². The average Bonchev–Trinajstić information content (AvgIpc) is 2.80. The first-order valence-corrected chi connectivity index (χ1v) is 11.6. The molecule has 160 valence electrons. The highest BCUT2D eigenvalue weighted by molar-refractivity contribution is 7.92. The Morgan fingerprint density at radius 2 is 1.72 bits per heavy atom. The number of benzene rings is 2. The number of aromatic nitrogens is 3. The summed E-state index contributed by atoms with van der Waals surface area (Å²) in [6, 6.07) is 19.4. The van der Waals surface area contributed by atoms with E-state index in [1.54, 1.807) is 42.7 Å². The van der Waals surface area contributed by atoms with Gasteiger partial charge in [0.1, 0.15) is 5.69 Å². The first kappa shape index (κ1) is 21.4. The van der Waals surface area contributed by atoms with Crippen molar-refractivity contribution in [3.8, 4) is 6.07 Å². The summed E-state index contributed by atoms with van der Waals surface area (Å²) in [5, 5.41) is 11.6. The predicted octanol–water partition coefficient (Wildman–Crippen LogP) is 4.03. The average molecular weight is 444 g/mol. The van der Waals surface area contributed by atoms with E-state index >= 15 is 0 Å². The number of nitriles is 1. The number of anilines is 1. The minimum atomic E-state index is -4.00. The Hall–Kier alpha value is -3.83. The van der Waals surface area contributed by atoms with Crippen LogP contribution >= 0.6 is 0 Å². The zero-order chi connectivity index (χ0) is 22.6. The fourth-order valence-electron chi connectivity index (χ4n) is 3.34. The van der Waals surface area contributed by atoms with Gasteiger partial charge in [-0.3, -0.25) is 4.98 Å². The van der Waals surface area contributed by atoms with E-state index in [9.17, 15) is 13.7 Å². The predicted molar refractivity (Wildman–Crippen MR) is 123 cm³/mol. The Morgan fingerprint density at radius 3 is 2.38 bits per heavy atom. The van der Waals surface area contributed by atoms with Crippen LogP contribution in [0.1, 0.15) is 22.1 Å². The molecule has 2 aromatic heterocycles. The Bertz CT molecular complexity index is 1380. The molecule has 0 aliphatic rings. The first-order valence-electron chi connectivity index (χ1n) is 10.1. The number of hydrogen-bond acceptors (Lipinski definition) is 7. The van der Waals surface area contributed by atoms with E-state index in [4.69, 9.17) is 0 Å². The van der Waals surface area contributed by atoms with Crippen molar-refractivity contribution in [2.75, 3.05) is 11.9 Å². The summed E-state index contributed by atoms with van der Waals surface area (Å²) < 4.78 is 26.7. The number of nitrogens with one attached hydrogen (secondary N) is 1. The van der Waals surface area contributed by atoms with Gasteiger partial charge in [0.2, 0.25) is 9.84 Å². The van der Waals surface area contributed by atoms with Crippen molar-refractivity contribution in [2.45, 2.75) is 23.5 Å². The lowest BCUT2D eigenvalue weighted by Gasteiger charge is -2.16. The Kier molecular flexibility index (Phi) is 6.10. The molecular formula is C24H21N5O2S. The molecule has 0 amide bonds. The Morgan fingerprint density at radius 1 is 1.00 bits per heavy atom. The zero-order valence-electron chi connectivity index (χ0n) is 17.4. The van der Waals surface area contributed by atoms with Gasteiger partial charge in [0.15, 0.2) is 11.1 Å². The lowest BCUT2D eigenvalue weighted by Crippen LogP contribution is -2.18. The van der Waals surface area contributed by atoms with E-state index in [1.165, 1.54) is 12.1 Å². The van der Waals surface area contributed by atoms with Gasteiger partial charge < -0.3 is 5.32 Å². The molecule has 32 heavy (non-hydrogen) atoms. The molecule has 2 heterocycles. The van der Waals surface area contributed by atoms with Crippen LogP contribution in [-0.2, 0) is 16.3 Å². The van der Waals surface area contributed by atoms with Gasteiger partial charge in [-0.1, -0.05) is 35.9 Å². The van der Waals surface area contributed by atoms with Crippen LogP contribution in [0.3, 0.4) is 0 Å². The lowest BCUT2D eigenvalue weighted by molar-refractivity contribution is 0.590. The van der Waals surface area contributed by atoms with Crippen molar-refractivity contribution in [2.24, 2.45) is 0 Å². The van der Waals surface area contributed by atoms with E-state index < -0.39 is 15.1 Å². The standard InChI is InChI=1S/C24H21N5O2S/c1-17-8-10-19(11-9-17)32(30,31)22(15-25)23-24(27-14-12-18-5-4-13-26-16-18)29-21-7-3-2-6-20(21)28-23/h2-11,13,16,22H,12,14H2,1H3,(H,27,29). The molecule has 0 radical (unpaired) electrons. The zero-order valence-corrected chi connectivity index (χ0v) is 18.2. The number of hydrogen-bond donors (Lipinski definition) is 1. The molecule has 7 nitrogen and oxygen atoms in total. The molecule has 0 aliphatic carbocycles. The molecular weight excluding hydrogens is 422 g/mol. The molecule has 0 fully saturated rings. The SMILES string of the molecule is Cc1ccc(S(=O)(=O)C(C#N)c2nc3ccccc3nc2NCCc2cccnc2)cc1. The normalized spacial score (nSPS) is 12.2. The number of aryl methyl sites for hydroxylation is 1. The van der Waals surface area contributed by atoms with Gasteiger partial charge in [0.05, 0.1) is 22.0 Å². The van der Waals surface area contributed by atoms with E-state index in [-0.39, 0.29) is 16.4 Å². The summed E-state index contributed by atoms with van der Waals surface area (Å²) in [6.07, 6.45) is 4.13. The molecule has 0 spiro atoms. The topological polar surface area (TPSA) is 109 Å². The van der Waals surface area contributed by atoms with E-state index in [1.807, 2.05) is 31.2 Å². The van der Waals surface area contributed by atoms with Crippen LogP contribution in [-0.4, -0.2) is 29.9 Å². The van der Waals surface area contributed by atoms with Crippen LogP contribution in [0.15, 0.2) is 78.0 Å². The molecule has 0 saturated heterocycles. The van der Waals surface area contributed by atoms with E-state index in [0.717, 1.165) is 11.1 Å². The maximum atomic E-state index is 13.3. The van der Waals surface area contributed by atoms with Gasteiger partial charge >= 0.3 is 0 Å². The van der Waals surface area contributed by atoms with E-state index in [2.05, 4.69) is 20.3 Å². The fraction of sp³-hybridized carbons (Fsp3) is 0.167. The third-order valence-electron chi connectivity index (χ3n) is 5.05. The number of sulfone groups is 1. The fourth-order valence-corrected chi connectivity index (χ4v) is 4.72. The second-order valence-electron chi connectivity index (χ2n) is 7.35. The van der Waals surface area contributed by atoms with E-state index in [0.29, 0.717) is 24.0 Å². The molecule has 2 aromatic carbocycles. The third kappa shape index (κ3) is 4.43. The van der Waals surface area contributed by atoms with Crippen LogP contribution in [0.25, 0.3) is 11.0 Å². The summed E-state index contributed by atoms with van der Waals surface area (Å²) in [4.78, 5) is 13.3. The molecule has 4 rings (SSSR count). The highest BCUT2D eigenvalue weighted by Gasteiger charge is 2.33. The molecule has 0 bridgehead atoms. The smallest absolute Gasteiger partial charge is 0.200 e. The van der Waals surface area contributed by atoms with Gasteiger partial charge in [0.25, 0.3) is 0 Å². The van der Waals surface area contributed by atoms with Crippen molar-refractivity contribution < 1.29 is 8.42 Å². The van der Waals surface area contributed by atoms with Gasteiger partial charge in [-0.25, -0.2) is 18.4 Å². The van der Waals surface area contributed by atoms with Crippen LogP contribution in [0, 0.1) is 18.3 Å². The summed E-state index contributed by atoms with van der Waals surface area (Å²) in [6.45, 7) is 2.35. The van der Waals surface area contributed by atoms with Gasteiger partial charge in [-0.05, 0) is 49.2 Å². The molecule has 1 unspecified atom stereocenters. The molecule has 4 aromatic rings. The van der Waals surface area contributed by atoms with Crippen molar-refractivity contribution in [1.82, 2.24) is 15.0 Å². The summed E-state index contributed by atoms with van der Waals surface area (Å²) in [5.41, 5.74) is 3.20. The monoisotopic (exact) mass is 443 g/mol. The van der Waals surface area contributed by atoms with Crippen LogP contribution in [0.2, 0.25) is 0 Å². The van der Waals surface area contributed by atoms with Crippen molar-refractivity contribution >= 4 is 26.7 Å². The Labute approximate surface area is 186 Å². The molecule has 1 atom stereocenters. The second kappa shape index (κ2) is 9.12. The number of nitrogens with zero attached hydrogens (tertiary/aromatic N) is 4. The van der Waals surface area contributed by atoms with Crippen LogP contribution in [0.5, 0.6) is 0 Å². The summed E-state index contributed by atoms with van der Waals surface area (Å²) in [5.74, 6) is 0.287.